The molecule has 0 saturated carbocycles. The van der Waals surface area contributed by atoms with Crippen molar-refractivity contribution >= 4 is 27.9 Å². The summed E-state index contributed by atoms with van der Waals surface area (Å²) in [6.45, 7) is 8.28. The van der Waals surface area contributed by atoms with Gasteiger partial charge in [-0.25, -0.2) is 10.8 Å². The molecule has 0 radical (unpaired) electrons. The van der Waals surface area contributed by atoms with Gasteiger partial charge < -0.3 is 20.4 Å². The van der Waals surface area contributed by atoms with Gasteiger partial charge in [0.2, 0.25) is 0 Å². The highest BCUT2D eigenvalue weighted by molar-refractivity contribution is 5.88. The van der Waals surface area contributed by atoms with E-state index in [1.54, 1.807) is 5.01 Å². The van der Waals surface area contributed by atoms with Crippen molar-refractivity contribution in [3.63, 3.8) is 0 Å². The molecule has 6 nitrogen and oxygen atoms in total. The number of piperidine rings is 1. The second-order valence-electron chi connectivity index (χ2n) is 8.30. The van der Waals surface area contributed by atoms with Crippen molar-refractivity contribution in [2.45, 2.75) is 25.9 Å². The summed E-state index contributed by atoms with van der Waals surface area (Å²) in [6.07, 6.45) is 6.16. The fourth-order valence-corrected chi connectivity index (χ4v) is 3.90. The van der Waals surface area contributed by atoms with Crippen LogP contribution in [0.4, 0.5) is 5.82 Å². The van der Waals surface area contributed by atoms with Crippen LogP contribution in [0.2, 0.25) is 0 Å². The third-order valence-corrected chi connectivity index (χ3v) is 5.65. The fraction of sp³-hybridized carbons (Fsp3) is 0.269. The Labute approximate surface area is 189 Å². The lowest BCUT2D eigenvalue weighted by Crippen LogP contribution is -2.34. The topological polar surface area (TPSA) is 75.4 Å². The minimum absolute atomic E-state index is 0.291. The summed E-state index contributed by atoms with van der Waals surface area (Å²) in [5.41, 5.74) is 4.01. The van der Waals surface area contributed by atoms with Gasteiger partial charge in [-0.05, 0) is 91.3 Å². The molecule has 2 aromatic carbocycles. The Morgan fingerprint density at radius 1 is 1.12 bits per heavy atom. The van der Waals surface area contributed by atoms with E-state index in [1.165, 1.54) is 0 Å². The van der Waals surface area contributed by atoms with E-state index in [2.05, 4.69) is 40.4 Å². The smallest absolute Gasteiger partial charge is 0.130 e. The Kier molecular flexibility index (Phi) is 6.73. The lowest BCUT2D eigenvalue weighted by atomic mass is 10.0. The van der Waals surface area contributed by atoms with Crippen LogP contribution >= 0.6 is 0 Å². The van der Waals surface area contributed by atoms with Gasteiger partial charge in [-0.3, -0.25) is 0 Å². The predicted molar refractivity (Wildman–Crippen MR) is 133 cm³/mol. The molecule has 1 saturated heterocycles. The molecule has 0 atom stereocenters. The van der Waals surface area contributed by atoms with Gasteiger partial charge in [0.15, 0.2) is 0 Å². The molecule has 1 aliphatic rings. The van der Waals surface area contributed by atoms with Crippen LogP contribution in [0.3, 0.4) is 0 Å². The number of benzene rings is 2. The first-order valence-corrected chi connectivity index (χ1v) is 11.0. The number of nitrogens with zero attached hydrogens (tertiary/aromatic N) is 2. The first-order valence-electron chi connectivity index (χ1n) is 11.0. The third-order valence-electron chi connectivity index (χ3n) is 5.65. The van der Waals surface area contributed by atoms with Crippen molar-refractivity contribution in [3.05, 3.63) is 78.6 Å². The van der Waals surface area contributed by atoms with Gasteiger partial charge in [0.05, 0.1) is 0 Å². The fourth-order valence-electron chi connectivity index (χ4n) is 3.90. The highest BCUT2D eigenvalue weighted by Gasteiger charge is 2.14. The number of allylic oxidation sites excluding steroid dienone is 1. The molecule has 3 aromatic rings. The largest absolute Gasteiger partial charge is 0.490 e. The predicted octanol–water partition coefficient (Wildman–Crippen LogP) is 4.61. The summed E-state index contributed by atoms with van der Waals surface area (Å²) in [5.74, 6) is 7.41. The summed E-state index contributed by atoms with van der Waals surface area (Å²) in [5, 5.41) is 10.4. The van der Waals surface area contributed by atoms with Crippen molar-refractivity contribution in [1.29, 1.82) is 0 Å². The molecule has 166 valence electrons. The molecule has 6 heteroatoms. The van der Waals surface area contributed by atoms with Crippen molar-refractivity contribution in [3.8, 4) is 5.75 Å². The van der Waals surface area contributed by atoms with Crippen molar-refractivity contribution < 1.29 is 4.74 Å². The van der Waals surface area contributed by atoms with Gasteiger partial charge in [0.1, 0.15) is 17.7 Å². The summed E-state index contributed by atoms with van der Waals surface area (Å²) >= 11 is 0. The maximum Gasteiger partial charge on any atom is 0.130 e. The number of ether oxygens (including phenoxy) is 1. The second-order valence-corrected chi connectivity index (χ2v) is 8.30. The van der Waals surface area contributed by atoms with Crippen LogP contribution < -0.4 is 21.2 Å². The summed E-state index contributed by atoms with van der Waals surface area (Å²) in [6, 6.07) is 16.4. The van der Waals surface area contributed by atoms with Gasteiger partial charge >= 0.3 is 0 Å². The normalized spacial score (nSPS) is 14.9. The molecule has 0 bridgehead atoms. The number of fused-ring (bicyclic) bond motifs is 1. The number of pyridine rings is 1. The van der Waals surface area contributed by atoms with E-state index in [0.717, 1.165) is 70.7 Å². The number of anilines is 1. The van der Waals surface area contributed by atoms with Crippen molar-refractivity contribution in [2.75, 3.05) is 25.5 Å². The zero-order valence-corrected chi connectivity index (χ0v) is 18.8. The summed E-state index contributed by atoms with van der Waals surface area (Å²) in [7, 11) is 1.81. The first-order chi connectivity index (χ1) is 15.5. The van der Waals surface area contributed by atoms with E-state index >= 15 is 0 Å². The zero-order valence-electron chi connectivity index (χ0n) is 18.8. The van der Waals surface area contributed by atoms with E-state index in [0.29, 0.717) is 6.10 Å². The van der Waals surface area contributed by atoms with E-state index in [1.807, 2.05) is 56.7 Å². The Morgan fingerprint density at radius 3 is 2.56 bits per heavy atom. The molecule has 0 amide bonds. The molecule has 4 N–H and O–H groups in total. The van der Waals surface area contributed by atoms with Gasteiger partial charge in [-0.2, -0.15) is 0 Å². The molecule has 1 aliphatic heterocycles. The van der Waals surface area contributed by atoms with Crippen LogP contribution in [0, 0.1) is 0 Å². The lowest BCUT2D eigenvalue weighted by molar-refractivity contribution is 0.162. The molecule has 0 spiro atoms. The Hall–Kier alpha value is -3.35. The number of nitrogens with one attached hydrogen (secondary N) is 2. The van der Waals surface area contributed by atoms with Gasteiger partial charge in [-0.15, -0.1) is 0 Å². The molecular formula is C26H31N5O. The Morgan fingerprint density at radius 2 is 1.84 bits per heavy atom. The molecule has 1 aromatic heterocycles. The van der Waals surface area contributed by atoms with Crippen molar-refractivity contribution in [1.82, 2.24) is 15.3 Å². The van der Waals surface area contributed by atoms with Crippen LogP contribution in [0.1, 0.15) is 30.9 Å². The number of hydrogen-bond acceptors (Lipinski definition) is 6. The minimum Gasteiger partial charge on any atom is -0.490 e. The van der Waals surface area contributed by atoms with Crippen LogP contribution in [-0.4, -0.2) is 36.2 Å². The molecule has 4 rings (SSSR count). The minimum atomic E-state index is 0.291. The average Bonchev–Trinajstić information content (AvgIpc) is 2.79. The monoisotopic (exact) mass is 429 g/mol. The van der Waals surface area contributed by atoms with E-state index in [4.69, 9.17) is 10.6 Å². The summed E-state index contributed by atoms with van der Waals surface area (Å²) < 4.78 is 6.09. The number of rotatable bonds is 7. The van der Waals surface area contributed by atoms with Crippen LogP contribution in [0.15, 0.2) is 67.5 Å². The molecule has 0 aliphatic carbocycles. The number of nitrogens with two attached hydrogens (primary N) is 1. The number of aromatic nitrogens is 1. The SMILES string of the molecule is C=C(Nc1cc2cc(/C(C)=C/N(C)N)ccc2cn1)c1ccc(OC2CCNCC2)cc1. The van der Waals surface area contributed by atoms with E-state index < -0.39 is 0 Å². The van der Waals surface area contributed by atoms with Crippen LogP contribution in [-0.2, 0) is 0 Å². The van der Waals surface area contributed by atoms with Crippen LogP contribution in [0.5, 0.6) is 5.75 Å². The highest BCUT2D eigenvalue weighted by Crippen LogP contribution is 2.25. The Balaban J connectivity index is 1.45. The van der Waals surface area contributed by atoms with Gasteiger partial charge in [0, 0.05) is 30.5 Å². The maximum absolute atomic E-state index is 6.09. The maximum atomic E-state index is 6.09. The lowest BCUT2D eigenvalue weighted by Gasteiger charge is -2.24. The Bertz CT molecular complexity index is 1110. The molecule has 2 heterocycles. The highest BCUT2D eigenvalue weighted by atomic mass is 16.5. The van der Waals surface area contributed by atoms with Crippen LogP contribution in [0.25, 0.3) is 22.0 Å². The van der Waals surface area contributed by atoms with Crippen molar-refractivity contribution in [2.24, 2.45) is 5.84 Å². The van der Waals surface area contributed by atoms with E-state index in [-0.39, 0.29) is 0 Å². The number of hydrazine groups is 1. The average molecular weight is 430 g/mol. The molecular weight excluding hydrogens is 398 g/mol. The quantitative estimate of drug-likeness (QED) is 0.376. The summed E-state index contributed by atoms with van der Waals surface area (Å²) in [4.78, 5) is 4.54. The first kappa shape index (κ1) is 21.9. The standard InChI is InChI=1S/C26H31N5O/c1-18(17-31(3)27)21-4-5-22-16-29-26(15-23(22)14-21)30-19(2)20-6-8-24(9-7-20)32-25-10-12-28-13-11-25/h4-9,14-17,25,28H,2,10-13,27H2,1,3H3,(H,29,30)/b18-17+. The van der Waals surface area contributed by atoms with Gasteiger partial charge in [0.25, 0.3) is 0 Å². The third kappa shape index (κ3) is 5.46. The molecule has 1 fully saturated rings. The van der Waals surface area contributed by atoms with E-state index in [9.17, 15) is 0 Å². The molecule has 0 unspecified atom stereocenters. The number of hydrogen-bond donors (Lipinski definition) is 3. The zero-order chi connectivity index (χ0) is 22.5. The molecule has 32 heavy (non-hydrogen) atoms. The second kappa shape index (κ2) is 9.85. The van der Waals surface area contributed by atoms with Gasteiger partial charge in [-0.1, -0.05) is 18.7 Å².